The van der Waals surface area contributed by atoms with Crippen LogP contribution in [0.5, 0.6) is 0 Å². The highest BCUT2D eigenvalue weighted by atomic mass is 32.1. The van der Waals surface area contributed by atoms with Crippen LogP contribution in [-0.2, 0) is 6.42 Å². The lowest BCUT2D eigenvalue weighted by Crippen LogP contribution is -1.86. The summed E-state index contributed by atoms with van der Waals surface area (Å²) in [6, 6.07) is 4.17. The number of thiol groups is 1. The van der Waals surface area contributed by atoms with E-state index in [0.717, 1.165) is 5.75 Å². The number of unbranched alkanes of at least 4 members (excludes halogenated alkanes) is 2. The Hall–Kier alpha value is -0.500. The molecule has 1 nitrogen and oxygen atoms in total. The molecular weight excluding hydrogens is 166 g/mol. The van der Waals surface area contributed by atoms with Crippen LogP contribution in [0.2, 0.25) is 0 Å². The molecular formula is C10H15NS. The van der Waals surface area contributed by atoms with Crippen LogP contribution in [-0.4, -0.2) is 10.7 Å². The second-order valence-electron chi connectivity index (χ2n) is 2.89. The quantitative estimate of drug-likeness (QED) is 0.544. The minimum atomic E-state index is 1.01. The molecule has 0 aliphatic rings. The number of nitrogens with zero attached hydrogens (tertiary/aromatic N) is 1. The second-order valence-corrected chi connectivity index (χ2v) is 3.34. The minimum absolute atomic E-state index is 1.01. The molecule has 0 aromatic carbocycles. The smallest absolute Gasteiger partial charge is 0.0270 e. The summed E-state index contributed by atoms with van der Waals surface area (Å²) in [6.45, 7) is 0. The summed E-state index contributed by atoms with van der Waals surface area (Å²) in [4.78, 5) is 3.98. The summed E-state index contributed by atoms with van der Waals surface area (Å²) in [7, 11) is 0. The highest BCUT2D eigenvalue weighted by molar-refractivity contribution is 7.80. The fraction of sp³-hybridized carbons (Fsp3) is 0.500. The summed E-state index contributed by atoms with van der Waals surface area (Å²) >= 11 is 4.17. The Morgan fingerprint density at radius 2 is 1.83 bits per heavy atom. The lowest BCUT2D eigenvalue weighted by molar-refractivity contribution is 0.722. The van der Waals surface area contributed by atoms with Crippen LogP contribution in [0, 0.1) is 0 Å². The van der Waals surface area contributed by atoms with Crippen molar-refractivity contribution in [1.29, 1.82) is 0 Å². The van der Waals surface area contributed by atoms with Gasteiger partial charge < -0.3 is 0 Å². The average Bonchev–Trinajstić information content (AvgIpc) is 2.14. The van der Waals surface area contributed by atoms with Crippen molar-refractivity contribution in [3.05, 3.63) is 30.1 Å². The van der Waals surface area contributed by atoms with E-state index in [2.05, 4.69) is 29.7 Å². The minimum Gasteiger partial charge on any atom is -0.265 e. The fourth-order valence-electron chi connectivity index (χ4n) is 1.17. The van der Waals surface area contributed by atoms with Gasteiger partial charge in [0.15, 0.2) is 0 Å². The lowest BCUT2D eigenvalue weighted by atomic mass is 10.1. The van der Waals surface area contributed by atoms with Gasteiger partial charge in [0, 0.05) is 12.4 Å². The molecule has 1 heterocycles. The van der Waals surface area contributed by atoms with Gasteiger partial charge in [-0.15, -0.1) is 0 Å². The van der Waals surface area contributed by atoms with Gasteiger partial charge in [-0.05, 0) is 42.7 Å². The lowest BCUT2D eigenvalue weighted by Gasteiger charge is -1.99. The maximum atomic E-state index is 4.17. The predicted molar refractivity (Wildman–Crippen MR) is 55.6 cm³/mol. The van der Waals surface area contributed by atoms with Crippen molar-refractivity contribution >= 4 is 12.6 Å². The van der Waals surface area contributed by atoms with E-state index >= 15 is 0 Å². The Balaban J connectivity index is 2.16. The van der Waals surface area contributed by atoms with E-state index in [1.54, 1.807) is 0 Å². The fourth-order valence-corrected chi connectivity index (χ4v) is 1.39. The van der Waals surface area contributed by atoms with Gasteiger partial charge in [-0.1, -0.05) is 6.42 Å². The van der Waals surface area contributed by atoms with E-state index in [9.17, 15) is 0 Å². The summed E-state index contributed by atoms with van der Waals surface area (Å²) in [5.41, 5.74) is 1.39. The first-order valence-electron chi connectivity index (χ1n) is 4.43. The van der Waals surface area contributed by atoms with Crippen LogP contribution >= 0.6 is 12.6 Å². The van der Waals surface area contributed by atoms with Crippen LogP contribution in [0.4, 0.5) is 0 Å². The van der Waals surface area contributed by atoms with Gasteiger partial charge in [-0.3, -0.25) is 4.98 Å². The SMILES string of the molecule is SCCCCCc1ccncc1. The molecule has 0 atom stereocenters. The van der Waals surface area contributed by atoms with Gasteiger partial charge in [0.1, 0.15) is 0 Å². The third-order valence-corrected chi connectivity index (χ3v) is 2.19. The zero-order valence-electron chi connectivity index (χ0n) is 7.24. The maximum Gasteiger partial charge on any atom is 0.0270 e. The molecule has 0 aliphatic carbocycles. The number of pyridine rings is 1. The van der Waals surface area contributed by atoms with Gasteiger partial charge in [0.25, 0.3) is 0 Å². The molecule has 66 valence electrons. The Bertz CT molecular complexity index is 198. The molecule has 2 heteroatoms. The van der Waals surface area contributed by atoms with Gasteiger partial charge in [-0.25, -0.2) is 0 Å². The average molecular weight is 181 g/mol. The summed E-state index contributed by atoms with van der Waals surface area (Å²) in [5, 5.41) is 0. The maximum absolute atomic E-state index is 4.17. The van der Waals surface area contributed by atoms with Crippen molar-refractivity contribution in [2.45, 2.75) is 25.7 Å². The monoisotopic (exact) mass is 181 g/mol. The number of rotatable bonds is 5. The van der Waals surface area contributed by atoms with Crippen molar-refractivity contribution in [1.82, 2.24) is 4.98 Å². The van der Waals surface area contributed by atoms with Gasteiger partial charge >= 0.3 is 0 Å². The normalized spacial score (nSPS) is 10.1. The molecule has 0 unspecified atom stereocenters. The van der Waals surface area contributed by atoms with Crippen LogP contribution in [0.15, 0.2) is 24.5 Å². The third-order valence-electron chi connectivity index (χ3n) is 1.87. The molecule has 0 amide bonds. The second kappa shape index (κ2) is 6.06. The molecule has 1 aromatic rings. The van der Waals surface area contributed by atoms with Gasteiger partial charge in [0.2, 0.25) is 0 Å². The van der Waals surface area contributed by atoms with Gasteiger partial charge in [-0.2, -0.15) is 12.6 Å². The Morgan fingerprint density at radius 3 is 2.50 bits per heavy atom. The first-order chi connectivity index (χ1) is 5.93. The van der Waals surface area contributed by atoms with Gasteiger partial charge in [0.05, 0.1) is 0 Å². The molecule has 0 saturated carbocycles. The molecule has 0 N–H and O–H groups in total. The van der Waals surface area contributed by atoms with E-state index in [4.69, 9.17) is 0 Å². The Morgan fingerprint density at radius 1 is 1.08 bits per heavy atom. The Labute approximate surface area is 79.6 Å². The van der Waals surface area contributed by atoms with E-state index in [1.807, 2.05) is 12.4 Å². The molecule has 1 rings (SSSR count). The van der Waals surface area contributed by atoms with Crippen LogP contribution in [0.3, 0.4) is 0 Å². The van der Waals surface area contributed by atoms with Crippen LogP contribution in [0.1, 0.15) is 24.8 Å². The van der Waals surface area contributed by atoms with E-state index in [-0.39, 0.29) is 0 Å². The zero-order valence-corrected chi connectivity index (χ0v) is 8.13. The van der Waals surface area contributed by atoms with E-state index in [1.165, 1.54) is 31.2 Å². The highest BCUT2D eigenvalue weighted by Crippen LogP contribution is 2.05. The van der Waals surface area contributed by atoms with Crippen molar-refractivity contribution in [2.24, 2.45) is 0 Å². The predicted octanol–water partition coefficient (Wildman–Crippen LogP) is 2.72. The highest BCUT2D eigenvalue weighted by Gasteiger charge is 1.91. The van der Waals surface area contributed by atoms with Crippen molar-refractivity contribution in [3.63, 3.8) is 0 Å². The zero-order chi connectivity index (χ0) is 8.65. The van der Waals surface area contributed by atoms with Crippen molar-refractivity contribution in [3.8, 4) is 0 Å². The summed E-state index contributed by atoms with van der Waals surface area (Å²) < 4.78 is 0. The number of aromatic nitrogens is 1. The largest absolute Gasteiger partial charge is 0.265 e. The molecule has 0 aliphatic heterocycles. The standard InChI is InChI=1S/C10H15NS/c12-9-3-1-2-4-10-5-7-11-8-6-10/h5-8,12H,1-4,9H2. The molecule has 1 aromatic heterocycles. The third kappa shape index (κ3) is 3.77. The number of hydrogen-bond donors (Lipinski definition) is 1. The molecule has 0 radical (unpaired) electrons. The Kier molecular flexibility index (Phi) is 4.85. The van der Waals surface area contributed by atoms with Crippen molar-refractivity contribution in [2.75, 3.05) is 5.75 Å². The molecule has 12 heavy (non-hydrogen) atoms. The van der Waals surface area contributed by atoms with Crippen LogP contribution in [0.25, 0.3) is 0 Å². The molecule has 0 bridgehead atoms. The first kappa shape index (κ1) is 9.59. The van der Waals surface area contributed by atoms with Crippen molar-refractivity contribution < 1.29 is 0 Å². The van der Waals surface area contributed by atoms with E-state index < -0.39 is 0 Å². The topological polar surface area (TPSA) is 12.9 Å². The molecule has 0 fully saturated rings. The van der Waals surface area contributed by atoms with E-state index in [0.29, 0.717) is 0 Å². The first-order valence-corrected chi connectivity index (χ1v) is 5.06. The molecule has 0 spiro atoms. The van der Waals surface area contributed by atoms with Crippen LogP contribution < -0.4 is 0 Å². The summed E-state index contributed by atoms with van der Waals surface area (Å²) in [5.74, 6) is 1.01. The number of aryl methyl sites for hydroxylation is 1. The number of hydrogen-bond acceptors (Lipinski definition) is 2. The molecule has 0 saturated heterocycles. The summed E-state index contributed by atoms with van der Waals surface area (Å²) in [6.07, 6.45) is 8.67.